The Kier molecular flexibility index (Phi) is 6.87. The van der Waals surface area contributed by atoms with Gasteiger partial charge in [-0.05, 0) is 37.6 Å². The lowest BCUT2D eigenvalue weighted by atomic mass is 10.0. The van der Waals surface area contributed by atoms with Gasteiger partial charge >= 0.3 is 0 Å². The van der Waals surface area contributed by atoms with Gasteiger partial charge in [-0.1, -0.05) is 31.0 Å². The Morgan fingerprint density at radius 2 is 1.89 bits per heavy atom. The van der Waals surface area contributed by atoms with Gasteiger partial charge in [-0.25, -0.2) is 0 Å². The maximum Gasteiger partial charge on any atom is 0.242 e. The van der Waals surface area contributed by atoms with E-state index in [4.69, 9.17) is 0 Å². The van der Waals surface area contributed by atoms with Gasteiger partial charge < -0.3 is 20.5 Å². The van der Waals surface area contributed by atoms with E-state index in [1.165, 1.54) is 32.6 Å². The molecule has 1 saturated heterocycles. The second kappa shape index (κ2) is 9.55. The first-order valence-corrected chi connectivity index (χ1v) is 9.95. The van der Waals surface area contributed by atoms with Crippen molar-refractivity contribution in [1.82, 2.24) is 20.5 Å². The molecule has 0 saturated carbocycles. The van der Waals surface area contributed by atoms with Crippen molar-refractivity contribution < 1.29 is 9.59 Å². The number of para-hydroxylation sites is 1. The molecule has 2 aromatic rings. The Balaban J connectivity index is 1.58. The van der Waals surface area contributed by atoms with E-state index in [0.717, 1.165) is 36.1 Å². The van der Waals surface area contributed by atoms with Gasteiger partial charge in [-0.3, -0.25) is 9.59 Å². The Hall–Kier alpha value is -2.34. The highest BCUT2D eigenvalue weighted by molar-refractivity contribution is 5.89. The first kappa shape index (κ1) is 19.4. The number of H-pyrrole nitrogens is 1. The zero-order chi connectivity index (χ0) is 19.1. The SMILES string of the molecule is CC(=O)NC(Cc1c[nH]c2ccccc12)C(=O)NCCN1CCCCCC1. The highest BCUT2D eigenvalue weighted by atomic mass is 16.2. The second-order valence-electron chi connectivity index (χ2n) is 7.36. The summed E-state index contributed by atoms with van der Waals surface area (Å²) < 4.78 is 0. The van der Waals surface area contributed by atoms with Crippen molar-refractivity contribution in [2.45, 2.75) is 45.1 Å². The topological polar surface area (TPSA) is 77.2 Å². The van der Waals surface area contributed by atoms with Crippen LogP contribution in [0, 0.1) is 0 Å². The molecule has 6 nitrogen and oxygen atoms in total. The molecule has 0 bridgehead atoms. The predicted molar refractivity (Wildman–Crippen MR) is 108 cm³/mol. The molecule has 146 valence electrons. The van der Waals surface area contributed by atoms with Crippen LogP contribution < -0.4 is 10.6 Å². The number of fused-ring (bicyclic) bond motifs is 1. The van der Waals surface area contributed by atoms with Crippen LogP contribution >= 0.6 is 0 Å². The molecule has 0 spiro atoms. The number of hydrogen-bond acceptors (Lipinski definition) is 3. The minimum atomic E-state index is -0.564. The summed E-state index contributed by atoms with van der Waals surface area (Å²) in [6.45, 7) is 5.15. The first-order chi connectivity index (χ1) is 13.1. The number of hydrogen-bond donors (Lipinski definition) is 3. The van der Waals surface area contributed by atoms with Gasteiger partial charge in [0.05, 0.1) is 0 Å². The quantitative estimate of drug-likeness (QED) is 0.699. The molecule has 27 heavy (non-hydrogen) atoms. The smallest absolute Gasteiger partial charge is 0.242 e. The summed E-state index contributed by atoms with van der Waals surface area (Å²) in [6, 6.07) is 7.43. The minimum absolute atomic E-state index is 0.120. The Morgan fingerprint density at radius 3 is 2.63 bits per heavy atom. The van der Waals surface area contributed by atoms with Crippen LogP contribution in [0.5, 0.6) is 0 Å². The standard InChI is InChI=1S/C21H30N4O2/c1-16(26)24-20(14-17-15-23-19-9-5-4-8-18(17)19)21(27)22-10-13-25-11-6-2-3-7-12-25/h4-5,8-9,15,20,23H,2-3,6-7,10-14H2,1H3,(H,22,27)(H,24,26). The molecule has 2 heterocycles. The number of amides is 2. The Labute approximate surface area is 160 Å². The first-order valence-electron chi connectivity index (χ1n) is 9.95. The van der Waals surface area contributed by atoms with Crippen LogP contribution in [0.4, 0.5) is 0 Å². The largest absolute Gasteiger partial charge is 0.361 e. The molecular formula is C21H30N4O2. The number of benzene rings is 1. The van der Waals surface area contributed by atoms with Gasteiger partial charge in [0.2, 0.25) is 11.8 Å². The summed E-state index contributed by atoms with van der Waals surface area (Å²) in [5, 5.41) is 6.90. The van der Waals surface area contributed by atoms with E-state index < -0.39 is 6.04 Å². The van der Waals surface area contributed by atoms with Crippen LogP contribution in [-0.2, 0) is 16.0 Å². The number of nitrogens with zero attached hydrogens (tertiary/aromatic N) is 1. The van der Waals surface area contributed by atoms with Gasteiger partial charge in [0.15, 0.2) is 0 Å². The highest BCUT2D eigenvalue weighted by Crippen LogP contribution is 2.19. The number of likely N-dealkylation sites (tertiary alicyclic amines) is 1. The van der Waals surface area contributed by atoms with Crippen LogP contribution in [0.3, 0.4) is 0 Å². The highest BCUT2D eigenvalue weighted by Gasteiger charge is 2.21. The van der Waals surface area contributed by atoms with Crippen molar-refractivity contribution in [2.75, 3.05) is 26.2 Å². The lowest BCUT2D eigenvalue weighted by Crippen LogP contribution is -2.48. The Morgan fingerprint density at radius 1 is 1.15 bits per heavy atom. The number of carbonyl (C=O) groups excluding carboxylic acids is 2. The molecule has 1 unspecified atom stereocenters. The van der Waals surface area contributed by atoms with E-state index in [9.17, 15) is 9.59 Å². The van der Waals surface area contributed by atoms with Crippen molar-refractivity contribution in [2.24, 2.45) is 0 Å². The van der Waals surface area contributed by atoms with Crippen LogP contribution in [0.1, 0.15) is 38.2 Å². The summed E-state index contributed by atoms with van der Waals surface area (Å²) in [7, 11) is 0. The van der Waals surface area contributed by atoms with Crippen LogP contribution in [0.2, 0.25) is 0 Å². The van der Waals surface area contributed by atoms with E-state index in [-0.39, 0.29) is 11.8 Å². The Bertz CT molecular complexity index is 762. The summed E-state index contributed by atoms with van der Waals surface area (Å²) in [5.74, 6) is -0.312. The average Bonchev–Trinajstić information content (AvgIpc) is 2.87. The van der Waals surface area contributed by atoms with Gasteiger partial charge in [0.1, 0.15) is 6.04 Å². The molecule has 3 N–H and O–H groups in total. The normalized spacial score (nSPS) is 16.6. The van der Waals surface area contributed by atoms with Gasteiger partial charge in [0, 0.05) is 43.5 Å². The zero-order valence-electron chi connectivity index (χ0n) is 16.1. The summed E-state index contributed by atoms with van der Waals surface area (Å²) >= 11 is 0. The fourth-order valence-electron chi connectivity index (χ4n) is 3.80. The van der Waals surface area contributed by atoms with E-state index in [1.54, 1.807) is 0 Å². The third-order valence-corrected chi connectivity index (χ3v) is 5.22. The summed E-state index contributed by atoms with van der Waals surface area (Å²) in [4.78, 5) is 29.9. The molecule has 3 rings (SSSR count). The maximum absolute atomic E-state index is 12.7. The van der Waals surface area contributed by atoms with Gasteiger partial charge in [-0.15, -0.1) is 0 Å². The van der Waals surface area contributed by atoms with Crippen molar-refractivity contribution in [1.29, 1.82) is 0 Å². The zero-order valence-corrected chi connectivity index (χ0v) is 16.1. The van der Waals surface area contributed by atoms with E-state index >= 15 is 0 Å². The molecule has 1 aromatic heterocycles. The molecular weight excluding hydrogens is 340 g/mol. The number of nitrogens with one attached hydrogen (secondary N) is 3. The molecule has 1 fully saturated rings. The molecule has 1 atom stereocenters. The molecule has 1 aliphatic rings. The minimum Gasteiger partial charge on any atom is -0.361 e. The lowest BCUT2D eigenvalue weighted by molar-refractivity contribution is -0.128. The van der Waals surface area contributed by atoms with E-state index in [1.807, 2.05) is 30.5 Å². The number of aromatic nitrogens is 1. The van der Waals surface area contributed by atoms with E-state index in [0.29, 0.717) is 13.0 Å². The third-order valence-electron chi connectivity index (χ3n) is 5.22. The predicted octanol–water partition coefficient (Wildman–Crippen LogP) is 2.21. The average molecular weight is 370 g/mol. The molecule has 0 radical (unpaired) electrons. The molecule has 2 amide bonds. The van der Waals surface area contributed by atoms with Gasteiger partial charge in [0.25, 0.3) is 0 Å². The fourth-order valence-corrected chi connectivity index (χ4v) is 3.80. The second-order valence-corrected chi connectivity index (χ2v) is 7.36. The van der Waals surface area contributed by atoms with E-state index in [2.05, 4.69) is 20.5 Å². The fraction of sp³-hybridized carbons (Fsp3) is 0.524. The molecule has 0 aliphatic carbocycles. The van der Waals surface area contributed by atoms with Crippen LogP contribution in [-0.4, -0.2) is 53.9 Å². The van der Waals surface area contributed by atoms with Crippen molar-refractivity contribution in [3.63, 3.8) is 0 Å². The summed E-state index contributed by atoms with van der Waals surface area (Å²) in [5.41, 5.74) is 2.07. The number of rotatable bonds is 7. The monoisotopic (exact) mass is 370 g/mol. The van der Waals surface area contributed by atoms with Crippen LogP contribution in [0.15, 0.2) is 30.5 Å². The maximum atomic E-state index is 12.7. The molecule has 1 aliphatic heterocycles. The number of aromatic amines is 1. The summed E-state index contributed by atoms with van der Waals surface area (Å²) in [6.07, 6.45) is 7.48. The number of carbonyl (C=O) groups is 2. The lowest BCUT2D eigenvalue weighted by Gasteiger charge is -2.21. The third kappa shape index (κ3) is 5.57. The van der Waals surface area contributed by atoms with Crippen molar-refractivity contribution >= 4 is 22.7 Å². The van der Waals surface area contributed by atoms with Crippen LogP contribution in [0.25, 0.3) is 10.9 Å². The molecule has 1 aromatic carbocycles. The van der Waals surface area contributed by atoms with Crippen molar-refractivity contribution in [3.05, 3.63) is 36.0 Å². The molecule has 6 heteroatoms. The van der Waals surface area contributed by atoms with Gasteiger partial charge in [-0.2, -0.15) is 0 Å². The van der Waals surface area contributed by atoms with Crippen molar-refractivity contribution in [3.8, 4) is 0 Å².